The number of amides is 2. The summed E-state index contributed by atoms with van der Waals surface area (Å²) in [6.07, 6.45) is 1.78. The van der Waals surface area contributed by atoms with Gasteiger partial charge in [-0.2, -0.15) is 0 Å². The van der Waals surface area contributed by atoms with E-state index in [1.165, 1.54) is 10.5 Å². The molecule has 0 N–H and O–H groups in total. The van der Waals surface area contributed by atoms with Gasteiger partial charge in [-0.15, -0.1) is 11.8 Å². The van der Waals surface area contributed by atoms with E-state index >= 15 is 0 Å². The lowest BCUT2D eigenvalue weighted by Crippen LogP contribution is -2.36. The molecule has 2 fully saturated rings. The van der Waals surface area contributed by atoms with Crippen molar-refractivity contribution in [2.75, 3.05) is 12.3 Å². The molecule has 0 bridgehead atoms. The average Bonchev–Trinajstić information content (AvgIpc) is 3.12. The maximum absolute atomic E-state index is 12.5. The van der Waals surface area contributed by atoms with Crippen LogP contribution in [0.15, 0.2) is 29.2 Å². The van der Waals surface area contributed by atoms with Crippen molar-refractivity contribution in [3.63, 3.8) is 0 Å². The van der Waals surface area contributed by atoms with Crippen molar-refractivity contribution in [3.05, 3.63) is 29.8 Å². The number of rotatable bonds is 2. The molecule has 3 nitrogen and oxygen atoms in total. The molecule has 3 aliphatic rings. The fourth-order valence-corrected chi connectivity index (χ4v) is 5.37. The molecule has 2 aliphatic heterocycles. The van der Waals surface area contributed by atoms with Crippen molar-refractivity contribution in [3.8, 4) is 0 Å². The summed E-state index contributed by atoms with van der Waals surface area (Å²) in [6, 6.07) is 8.35. The van der Waals surface area contributed by atoms with Crippen LogP contribution in [0.25, 0.3) is 0 Å². The summed E-state index contributed by atoms with van der Waals surface area (Å²) in [5.74, 6) is 1.90. The third kappa shape index (κ3) is 2.03. The molecule has 1 saturated heterocycles. The molecule has 0 aromatic heterocycles. The van der Waals surface area contributed by atoms with Gasteiger partial charge in [0.1, 0.15) is 0 Å². The Morgan fingerprint density at radius 1 is 1.14 bits per heavy atom. The zero-order valence-electron chi connectivity index (χ0n) is 12.1. The number of likely N-dealkylation sites (tertiary alicyclic amines) is 1. The molecule has 1 aromatic rings. The molecule has 21 heavy (non-hydrogen) atoms. The monoisotopic (exact) mass is 301 g/mol. The summed E-state index contributed by atoms with van der Waals surface area (Å²) >= 11 is 1.83. The van der Waals surface area contributed by atoms with Gasteiger partial charge >= 0.3 is 0 Å². The van der Waals surface area contributed by atoms with Gasteiger partial charge in [-0.25, -0.2) is 0 Å². The van der Waals surface area contributed by atoms with Crippen LogP contribution >= 0.6 is 11.8 Å². The minimum atomic E-state index is -0.0307. The molecule has 1 aromatic carbocycles. The van der Waals surface area contributed by atoms with Crippen molar-refractivity contribution in [1.82, 2.24) is 4.90 Å². The van der Waals surface area contributed by atoms with E-state index < -0.39 is 0 Å². The maximum atomic E-state index is 12.5. The van der Waals surface area contributed by atoms with E-state index in [9.17, 15) is 9.59 Å². The van der Waals surface area contributed by atoms with E-state index in [-0.39, 0.29) is 23.7 Å². The van der Waals surface area contributed by atoms with Gasteiger partial charge in [0.25, 0.3) is 0 Å². The standard InChI is InChI=1S/C17H19NO2S/c1-10-6-13-14(7-10)17(20)18(16(13)19)8-11-9-21-15-5-3-2-4-12(11)15/h2-5,10-11,13-14H,6-9H2,1H3. The molecular formula is C17H19NO2S. The van der Waals surface area contributed by atoms with Crippen molar-refractivity contribution in [2.45, 2.75) is 30.6 Å². The number of thioether (sulfide) groups is 1. The van der Waals surface area contributed by atoms with Gasteiger partial charge < -0.3 is 0 Å². The minimum absolute atomic E-state index is 0.0307. The van der Waals surface area contributed by atoms with Crippen LogP contribution < -0.4 is 0 Å². The summed E-state index contributed by atoms with van der Waals surface area (Å²) in [4.78, 5) is 27.9. The number of hydrogen-bond acceptors (Lipinski definition) is 3. The number of hydrogen-bond donors (Lipinski definition) is 0. The number of nitrogens with zero attached hydrogens (tertiary/aromatic N) is 1. The second-order valence-electron chi connectivity index (χ2n) is 6.62. The SMILES string of the molecule is CC1CC2C(=O)N(CC3CSc4ccccc43)C(=O)C2C1. The Bertz CT molecular complexity index is 591. The Hall–Kier alpha value is -1.29. The van der Waals surface area contributed by atoms with Crippen LogP contribution in [0.1, 0.15) is 31.2 Å². The highest BCUT2D eigenvalue weighted by atomic mass is 32.2. The number of fused-ring (bicyclic) bond motifs is 2. The van der Waals surface area contributed by atoms with Crippen LogP contribution in [-0.2, 0) is 9.59 Å². The third-order valence-corrected chi connectivity index (χ3v) is 6.42. The van der Waals surface area contributed by atoms with Crippen LogP contribution in [-0.4, -0.2) is 29.0 Å². The Balaban J connectivity index is 1.54. The Labute approximate surface area is 129 Å². The molecule has 2 heterocycles. The van der Waals surface area contributed by atoms with Crippen LogP contribution in [0, 0.1) is 17.8 Å². The zero-order valence-corrected chi connectivity index (χ0v) is 12.9. The first-order valence-corrected chi connectivity index (χ1v) is 8.70. The lowest BCUT2D eigenvalue weighted by atomic mass is 10.00. The van der Waals surface area contributed by atoms with Crippen LogP contribution in [0.5, 0.6) is 0 Å². The normalized spacial score (nSPS) is 34.4. The second kappa shape index (κ2) is 4.87. The maximum Gasteiger partial charge on any atom is 0.233 e. The summed E-state index contributed by atoms with van der Waals surface area (Å²) in [7, 11) is 0. The first kappa shape index (κ1) is 13.4. The Morgan fingerprint density at radius 2 is 1.81 bits per heavy atom. The predicted octanol–water partition coefficient (Wildman–Crippen LogP) is 2.91. The van der Waals surface area contributed by atoms with E-state index in [0.717, 1.165) is 18.6 Å². The molecule has 1 aliphatic carbocycles. The van der Waals surface area contributed by atoms with Gasteiger partial charge in [0.15, 0.2) is 0 Å². The summed E-state index contributed by atoms with van der Waals surface area (Å²) in [5.41, 5.74) is 1.30. The second-order valence-corrected chi connectivity index (χ2v) is 7.68. The summed E-state index contributed by atoms with van der Waals surface area (Å²) in [5, 5.41) is 0. The molecule has 3 unspecified atom stereocenters. The van der Waals surface area contributed by atoms with Crippen molar-refractivity contribution < 1.29 is 9.59 Å². The smallest absolute Gasteiger partial charge is 0.233 e. The van der Waals surface area contributed by atoms with Gasteiger partial charge in [-0.1, -0.05) is 25.1 Å². The molecule has 4 rings (SSSR count). The van der Waals surface area contributed by atoms with E-state index in [1.54, 1.807) is 4.90 Å². The predicted molar refractivity (Wildman–Crippen MR) is 82.0 cm³/mol. The van der Waals surface area contributed by atoms with Crippen LogP contribution in [0.2, 0.25) is 0 Å². The molecule has 4 heteroatoms. The number of carbonyl (C=O) groups excluding carboxylic acids is 2. The third-order valence-electron chi connectivity index (χ3n) is 5.17. The van der Waals surface area contributed by atoms with Gasteiger partial charge in [0.2, 0.25) is 11.8 Å². The molecule has 0 radical (unpaired) electrons. The lowest BCUT2D eigenvalue weighted by molar-refractivity contribution is -0.140. The van der Waals surface area contributed by atoms with Crippen LogP contribution in [0.4, 0.5) is 0 Å². The topological polar surface area (TPSA) is 37.4 Å². The van der Waals surface area contributed by atoms with Crippen molar-refractivity contribution in [2.24, 2.45) is 17.8 Å². The number of imide groups is 1. The van der Waals surface area contributed by atoms with E-state index in [4.69, 9.17) is 0 Å². The van der Waals surface area contributed by atoms with E-state index in [0.29, 0.717) is 18.4 Å². The number of benzene rings is 1. The van der Waals surface area contributed by atoms with E-state index in [2.05, 4.69) is 19.1 Å². The quantitative estimate of drug-likeness (QED) is 0.788. The van der Waals surface area contributed by atoms with Crippen LogP contribution in [0.3, 0.4) is 0 Å². The highest BCUT2D eigenvalue weighted by molar-refractivity contribution is 7.99. The Kier molecular flexibility index (Phi) is 3.10. The average molecular weight is 301 g/mol. The summed E-state index contributed by atoms with van der Waals surface area (Å²) < 4.78 is 0. The lowest BCUT2D eigenvalue weighted by Gasteiger charge is -2.21. The fourth-order valence-electron chi connectivity index (χ4n) is 4.13. The first-order chi connectivity index (χ1) is 10.1. The highest BCUT2D eigenvalue weighted by Crippen LogP contribution is 2.45. The first-order valence-electron chi connectivity index (χ1n) is 7.72. The Morgan fingerprint density at radius 3 is 2.52 bits per heavy atom. The van der Waals surface area contributed by atoms with Gasteiger partial charge in [0, 0.05) is 23.1 Å². The fraction of sp³-hybridized carbons (Fsp3) is 0.529. The molecule has 0 spiro atoms. The van der Waals surface area contributed by atoms with Crippen molar-refractivity contribution in [1.29, 1.82) is 0 Å². The molecule has 1 saturated carbocycles. The minimum Gasteiger partial charge on any atom is -0.281 e. The van der Waals surface area contributed by atoms with Gasteiger partial charge in [0.05, 0.1) is 11.8 Å². The molecule has 2 amide bonds. The molecule has 110 valence electrons. The molecular weight excluding hydrogens is 282 g/mol. The number of carbonyl (C=O) groups is 2. The molecule has 3 atom stereocenters. The summed E-state index contributed by atoms with van der Waals surface area (Å²) in [6.45, 7) is 2.72. The van der Waals surface area contributed by atoms with Gasteiger partial charge in [-0.3, -0.25) is 14.5 Å². The van der Waals surface area contributed by atoms with Crippen molar-refractivity contribution >= 4 is 23.6 Å². The van der Waals surface area contributed by atoms with E-state index in [1.807, 2.05) is 23.9 Å². The highest BCUT2D eigenvalue weighted by Gasteiger charge is 2.52. The largest absolute Gasteiger partial charge is 0.281 e. The van der Waals surface area contributed by atoms with Gasteiger partial charge in [-0.05, 0) is 30.4 Å². The zero-order chi connectivity index (χ0) is 14.6.